The van der Waals surface area contributed by atoms with Crippen LogP contribution in [0.1, 0.15) is 29.0 Å². The number of carboxylic acids is 1. The number of hydrogen-bond acceptors (Lipinski definition) is 4. The third kappa shape index (κ3) is 2.82. The fourth-order valence-corrected chi connectivity index (χ4v) is 2.10. The van der Waals surface area contributed by atoms with Crippen molar-refractivity contribution in [2.45, 2.75) is 19.8 Å². The summed E-state index contributed by atoms with van der Waals surface area (Å²) < 4.78 is 0. The molecule has 1 unspecified atom stereocenters. The summed E-state index contributed by atoms with van der Waals surface area (Å²) in [6, 6.07) is 0. The summed E-state index contributed by atoms with van der Waals surface area (Å²) in [4.78, 5) is 32.4. The molecule has 1 saturated heterocycles. The van der Waals surface area contributed by atoms with Gasteiger partial charge in [0.25, 0.3) is 5.91 Å². The zero-order valence-electron chi connectivity index (χ0n) is 10.2. The van der Waals surface area contributed by atoms with E-state index >= 15 is 0 Å². The molecular weight excluding hydrogens is 234 g/mol. The van der Waals surface area contributed by atoms with Crippen molar-refractivity contribution in [1.82, 2.24) is 14.9 Å². The number of rotatable bonds is 3. The molecule has 0 aromatic carbocycles. The van der Waals surface area contributed by atoms with Crippen molar-refractivity contribution in [1.29, 1.82) is 0 Å². The topological polar surface area (TPSA) is 83.4 Å². The van der Waals surface area contributed by atoms with Crippen LogP contribution in [0.15, 0.2) is 12.4 Å². The minimum atomic E-state index is -0.815. The van der Waals surface area contributed by atoms with Gasteiger partial charge in [-0.1, -0.05) is 0 Å². The van der Waals surface area contributed by atoms with Crippen LogP contribution in [0, 0.1) is 12.8 Å². The summed E-state index contributed by atoms with van der Waals surface area (Å²) in [5, 5.41) is 8.72. The SMILES string of the molecule is Cc1cnc(C(=O)N2CCC(CC(=O)O)C2)cn1. The Morgan fingerprint density at radius 1 is 1.44 bits per heavy atom. The largest absolute Gasteiger partial charge is 0.481 e. The fraction of sp³-hybridized carbons (Fsp3) is 0.500. The van der Waals surface area contributed by atoms with Gasteiger partial charge in [0, 0.05) is 25.7 Å². The van der Waals surface area contributed by atoms with Gasteiger partial charge >= 0.3 is 5.97 Å². The van der Waals surface area contributed by atoms with Gasteiger partial charge in [-0.2, -0.15) is 0 Å². The zero-order valence-corrected chi connectivity index (χ0v) is 10.2. The molecule has 1 aliphatic heterocycles. The van der Waals surface area contributed by atoms with Crippen LogP contribution in [0.3, 0.4) is 0 Å². The number of hydrogen-bond donors (Lipinski definition) is 1. The van der Waals surface area contributed by atoms with E-state index in [1.54, 1.807) is 18.0 Å². The zero-order chi connectivity index (χ0) is 13.1. The van der Waals surface area contributed by atoms with Crippen LogP contribution in [0.25, 0.3) is 0 Å². The van der Waals surface area contributed by atoms with Crippen LogP contribution in [0.4, 0.5) is 0 Å². The molecule has 1 aromatic heterocycles. The van der Waals surface area contributed by atoms with E-state index in [4.69, 9.17) is 5.11 Å². The van der Waals surface area contributed by atoms with Gasteiger partial charge in [-0.25, -0.2) is 4.98 Å². The Kier molecular flexibility index (Phi) is 3.55. The van der Waals surface area contributed by atoms with Gasteiger partial charge in [-0.15, -0.1) is 0 Å². The molecule has 1 atom stereocenters. The maximum Gasteiger partial charge on any atom is 0.303 e. The second-order valence-corrected chi connectivity index (χ2v) is 4.55. The van der Waals surface area contributed by atoms with E-state index in [1.807, 2.05) is 0 Å². The summed E-state index contributed by atoms with van der Waals surface area (Å²) in [6.07, 6.45) is 3.86. The molecule has 1 amide bonds. The Morgan fingerprint density at radius 2 is 2.22 bits per heavy atom. The first-order valence-electron chi connectivity index (χ1n) is 5.86. The summed E-state index contributed by atoms with van der Waals surface area (Å²) in [5.74, 6) is -0.940. The number of carbonyl (C=O) groups excluding carboxylic acids is 1. The average molecular weight is 249 g/mol. The van der Waals surface area contributed by atoms with Crippen molar-refractivity contribution in [3.8, 4) is 0 Å². The van der Waals surface area contributed by atoms with Gasteiger partial charge in [-0.3, -0.25) is 14.6 Å². The minimum Gasteiger partial charge on any atom is -0.481 e. The van der Waals surface area contributed by atoms with Crippen molar-refractivity contribution in [3.05, 3.63) is 23.8 Å². The van der Waals surface area contributed by atoms with Crippen molar-refractivity contribution < 1.29 is 14.7 Å². The van der Waals surface area contributed by atoms with Gasteiger partial charge in [-0.05, 0) is 19.3 Å². The average Bonchev–Trinajstić information content (AvgIpc) is 2.76. The first kappa shape index (κ1) is 12.5. The van der Waals surface area contributed by atoms with Gasteiger partial charge in [0.05, 0.1) is 11.9 Å². The van der Waals surface area contributed by atoms with E-state index in [9.17, 15) is 9.59 Å². The predicted octanol–water partition coefficient (Wildman–Crippen LogP) is 0.722. The molecule has 0 radical (unpaired) electrons. The van der Waals surface area contributed by atoms with E-state index in [2.05, 4.69) is 9.97 Å². The summed E-state index contributed by atoms with van der Waals surface area (Å²) in [5.41, 5.74) is 1.08. The number of likely N-dealkylation sites (tertiary alicyclic amines) is 1. The lowest BCUT2D eigenvalue weighted by Gasteiger charge is -2.15. The van der Waals surface area contributed by atoms with E-state index in [-0.39, 0.29) is 18.2 Å². The number of aliphatic carboxylic acids is 1. The molecule has 1 aliphatic rings. The van der Waals surface area contributed by atoms with Crippen LogP contribution in [0.5, 0.6) is 0 Å². The quantitative estimate of drug-likeness (QED) is 0.853. The lowest BCUT2D eigenvalue weighted by molar-refractivity contribution is -0.138. The van der Waals surface area contributed by atoms with Crippen molar-refractivity contribution in [2.24, 2.45) is 5.92 Å². The van der Waals surface area contributed by atoms with Crippen LogP contribution in [-0.4, -0.2) is 44.9 Å². The normalized spacial score (nSPS) is 18.9. The summed E-state index contributed by atoms with van der Waals surface area (Å²) in [7, 11) is 0. The molecule has 1 N–H and O–H groups in total. The monoisotopic (exact) mass is 249 g/mol. The van der Waals surface area contributed by atoms with E-state index in [1.165, 1.54) is 6.20 Å². The van der Waals surface area contributed by atoms with Crippen molar-refractivity contribution in [3.63, 3.8) is 0 Å². The van der Waals surface area contributed by atoms with Gasteiger partial charge in [0.1, 0.15) is 5.69 Å². The molecule has 0 spiro atoms. The molecular formula is C12H15N3O3. The Hall–Kier alpha value is -1.98. The molecule has 6 nitrogen and oxygen atoms in total. The molecule has 0 saturated carbocycles. The number of carbonyl (C=O) groups is 2. The first-order valence-corrected chi connectivity index (χ1v) is 5.86. The molecule has 2 rings (SSSR count). The van der Waals surface area contributed by atoms with E-state index in [0.29, 0.717) is 18.8 Å². The van der Waals surface area contributed by atoms with Crippen molar-refractivity contribution >= 4 is 11.9 Å². The molecule has 1 aromatic rings. The van der Waals surface area contributed by atoms with Crippen LogP contribution >= 0.6 is 0 Å². The number of amides is 1. The standard InChI is InChI=1S/C12H15N3O3/c1-8-5-14-10(6-13-8)12(18)15-3-2-9(7-15)4-11(16)17/h5-6,9H,2-4,7H2,1H3,(H,16,17). The maximum atomic E-state index is 12.1. The van der Waals surface area contributed by atoms with Gasteiger partial charge in [0.15, 0.2) is 0 Å². The number of carboxylic acid groups (broad SMARTS) is 1. The number of aryl methyl sites for hydroxylation is 1. The highest BCUT2D eigenvalue weighted by Crippen LogP contribution is 2.20. The second-order valence-electron chi connectivity index (χ2n) is 4.55. The maximum absolute atomic E-state index is 12.1. The molecule has 0 bridgehead atoms. The summed E-state index contributed by atoms with van der Waals surface area (Å²) in [6.45, 7) is 2.88. The highest BCUT2D eigenvalue weighted by atomic mass is 16.4. The molecule has 96 valence electrons. The summed E-state index contributed by atoms with van der Waals surface area (Å²) >= 11 is 0. The van der Waals surface area contributed by atoms with Gasteiger partial charge < -0.3 is 10.0 Å². The molecule has 2 heterocycles. The predicted molar refractivity (Wildman–Crippen MR) is 63.0 cm³/mol. The van der Waals surface area contributed by atoms with Crippen LogP contribution < -0.4 is 0 Å². The molecule has 1 fully saturated rings. The van der Waals surface area contributed by atoms with Crippen LogP contribution in [-0.2, 0) is 4.79 Å². The highest BCUT2D eigenvalue weighted by Gasteiger charge is 2.28. The van der Waals surface area contributed by atoms with E-state index in [0.717, 1.165) is 12.1 Å². The third-order valence-electron chi connectivity index (χ3n) is 3.04. The number of nitrogens with zero attached hydrogens (tertiary/aromatic N) is 3. The molecule has 18 heavy (non-hydrogen) atoms. The Balaban J connectivity index is 1.99. The smallest absolute Gasteiger partial charge is 0.303 e. The third-order valence-corrected chi connectivity index (χ3v) is 3.04. The second kappa shape index (κ2) is 5.12. The number of aromatic nitrogens is 2. The lowest BCUT2D eigenvalue weighted by Crippen LogP contribution is -2.29. The highest BCUT2D eigenvalue weighted by molar-refractivity contribution is 5.92. The van der Waals surface area contributed by atoms with E-state index < -0.39 is 5.97 Å². The van der Waals surface area contributed by atoms with Crippen LogP contribution in [0.2, 0.25) is 0 Å². The Labute approximate surface area is 105 Å². The molecule has 0 aliphatic carbocycles. The Morgan fingerprint density at radius 3 is 2.83 bits per heavy atom. The lowest BCUT2D eigenvalue weighted by atomic mass is 10.1. The molecule has 6 heteroatoms. The Bertz CT molecular complexity index is 458. The van der Waals surface area contributed by atoms with Crippen molar-refractivity contribution in [2.75, 3.05) is 13.1 Å². The van der Waals surface area contributed by atoms with Gasteiger partial charge in [0.2, 0.25) is 0 Å². The fourth-order valence-electron chi connectivity index (χ4n) is 2.10. The minimum absolute atomic E-state index is 0.0462. The first-order chi connectivity index (χ1) is 8.56.